The molecular formula is C18H14N2O4S2. The molecule has 3 rings (SSSR count). The van der Waals surface area contributed by atoms with Crippen LogP contribution in [0, 0.1) is 0 Å². The standard InChI is InChI=1S/C18H14N2O4S2/c21-13-7-5-12(6-8-13)19-16(23)10-20-17(24)15(26-18(20)25)9-11-3-1-2-4-14(11)22/h1-9,21-22H,10H2,(H,19,23)/b15-9-. The highest BCUT2D eigenvalue weighted by molar-refractivity contribution is 8.26. The third kappa shape index (κ3) is 4.04. The van der Waals surface area contributed by atoms with Crippen molar-refractivity contribution in [2.24, 2.45) is 0 Å². The number of amides is 2. The van der Waals surface area contributed by atoms with E-state index in [9.17, 15) is 19.8 Å². The molecule has 2 aromatic carbocycles. The van der Waals surface area contributed by atoms with E-state index in [1.807, 2.05) is 0 Å². The van der Waals surface area contributed by atoms with Gasteiger partial charge in [-0.2, -0.15) is 0 Å². The fourth-order valence-corrected chi connectivity index (χ4v) is 3.52. The molecule has 0 saturated carbocycles. The van der Waals surface area contributed by atoms with Gasteiger partial charge in [-0.15, -0.1) is 0 Å². The molecule has 0 spiro atoms. The van der Waals surface area contributed by atoms with Crippen LogP contribution in [0.4, 0.5) is 5.69 Å². The number of carbonyl (C=O) groups is 2. The molecule has 2 aromatic rings. The van der Waals surface area contributed by atoms with Crippen molar-refractivity contribution in [3.8, 4) is 11.5 Å². The SMILES string of the molecule is O=C(CN1C(=O)/C(=C/c2ccccc2O)SC1=S)Nc1ccc(O)cc1. The van der Waals surface area contributed by atoms with Crippen molar-refractivity contribution in [2.75, 3.05) is 11.9 Å². The van der Waals surface area contributed by atoms with E-state index in [4.69, 9.17) is 12.2 Å². The molecule has 0 radical (unpaired) electrons. The third-order valence-corrected chi connectivity index (χ3v) is 4.93. The van der Waals surface area contributed by atoms with E-state index in [-0.39, 0.29) is 28.3 Å². The van der Waals surface area contributed by atoms with Crippen molar-refractivity contribution in [1.82, 2.24) is 4.90 Å². The fourth-order valence-electron chi connectivity index (χ4n) is 2.28. The zero-order valence-electron chi connectivity index (χ0n) is 13.4. The van der Waals surface area contributed by atoms with Crippen LogP contribution < -0.4 is 5.32 Å². The Morgan fingerprint density at radius 1 is 1.15 bits per heavy atom. The summed E-state index contributed by atoms with van der Waals surface area (Å²) in [5, 5.41) is 21.7. The van der Waals surface area contributed by atoms with E-state index >= 15 is 0 Å². The summed E-state index contributed by atoms with van der Waals surface area (Å²) in [5.41, 5.74) is 1.00. The van der Waals surface area contributed by atoms with Crippen molar-refractivity contribution in [3.63, 3.8) is 0 Å². The highest BCUT2D eigenvalue weighted by Crippen LogP contribution is 2.33. The normalized spacial score (nSPS) is 15.5. The number of para-hydroxylation sites is 1. The van der Waals surface area contributed by atoms with Gasteiger partial charge in [0.05, 0.1) is 4.91 Å². The maximum atomic E-state index is 12.5. The smallest absolute Gasteiger partial charge is 0.266 e. The number of anilines is 1. The Morgan fingerprint density at radius 2 is 1.85 bits per heavy atom. The number of nitrogens with one attached hydrogen (secondary N) is 1. The minimum absolute atomic E-state index is 0.0582. The minimum Gasteiger partial charge on any atom is -0.508 e. The Bertz CT molecular complexity index is 910. The Morgan fingerprint density at radius 3 is 2.54 bits per heavy atom. The molecule has 132 valence electrons. The first-order valence-electron chi connectivity index (χ1n) is 7.56. The highest BCUT2D eigenvalue weighted by atomic mass is 32.2. The van der Waals surface area contributed by atoms with Crippen molar-refractivity contribution in [3.05, 3.63) is 59.0 Å². The average molecular weight is 386 g/mol. The number of thiocarbonyl (C=S) groups is 1. The molecule has 8 heteroatoms. The van der Waals surface area contributed by atoms with Gasteiger partial charge in [-0.3, -0.25) is 14.5 Å². The van der Waals surface area contributed by atoms with Crippen LogP contribution in [-0.4, -0.2) is 37.8 Å². The number of nitrogens with zero attached hydrogens (tertiary/aromatic N) is 1. The Hall–Kier alpha value is -2.84. The van der Waals surface area contributed by atoms with Gasteiger partial charge in [-0.25, -0.2) is 0 Å². The number of thioether (sulfide) groups is 1. The number of phenolic OH excluding ortho intramolecular Hbond substituents is 2. The fraction of sp³-hybridized carbons (Fsp3) is 0.0556. The summed E-state index contributed by atoms with van der Waals surface area (Å²) < 4.78 is 0.275. The summed E-state index contributed by atoms with van der Waals surface area (Å²) in [7, 11) is 0. The predicted octanol–water partition coefficient (Wildman–Crippen LogP) is 2.94. The second kappa shape index (κ2) is 7.59. The lowest BCUT2D eigenvalue weighted by Gasteiger charge is -2.14. The average Bonchev–Trinajstić information content (AvgIpc) is 2.86. The summed E-state index contributed by atoms with van der Waals surface area (Å²) in [6.45, 7) is -0.219. The molecule has 2 amide bonds. The summed E-state index contributed by atoms with van der Waals surface area (Å²) in [5.74, 6) is -0.642. The monoisotopic (exact) mass is 386 g/mol. The number of benzene rings is 2. The second-order valence-corrected chi connectivity index (χ2v) is 7.10. The van der Waals surface area contributed by atoms with E-state index in [0.29, 0.717) is 16.2 Å². The van der Waals surface area contributed by atoms with Crippen molar-refractivity contribution < 1.29 is 19.8 Å². The van der Waals surface area contributed by atoms with Crippen LogP contribution in [0.25, 0.3) is 6.08 Å². The number of aromatic hydroxyl groups is 2. The zero-order valence-corrected chi connectivity index (χ0v) is 15.0. The largest absolute Gasteiger partial charge is 0.508 e. The second-order valence-electron chi connectivity index (χ2n) is 5.42. The molecule has 0 unspecified atom stereocenters. The third-order valence-electron chi connectivity index (χ3n) is 3.55. The molecular weight excluding hydrogens is 372 g/mol. The number of carbonyl (C=O) groups excluding carboxylic acids is 2. The molecule has 0 bridgehead atoms. The number of hydrogen-bond acceptors (Lipinski definition) is 6. The molecule has 1 aliphatic heterocycles. The molecule has 0 aromatic heterocycles. The molecule has 1 fully saturated rings. The lowest BCUT2D eigenvalue weighted by Crippen LogP contribution is -2.36. The van der Waals surface area contributed by atoms with Gasteiger partial charge in [0.1, 0.15) is 22.4 Å². The molecule has 26 heavy (non-hydrogen) atoms. The maximum Gasteiger partial charge on any atom is 0.266 e. The molecule has 1 aliphatic rings. The number of hydrogen-bond donors (Lipinski definition) is 3. The predicted molar refractivity (Wildman–Crippen MR) is 105 cm³/mol. The van der Waals surface area contributed by atoms with Crippen LogP contribution in [0.5, 0.6) is 11.5 Å². The molecule has 0 aliphatic carbocycles. The summed E-state index contributed by atoms with van der Waals surface area (Å²) in [6.07, 6.45) is 1.55. The lowest BCUT2D eigenvalue weighted by molar-refractivity contribution is -0.126. The molecule has 6 nitrogen and oxygen atoms in total. The van der Waals surface area contributed by atoms with Gasteiger partial charge in [-0.05, 0) is 36.4 Å². The zero-order chi connectivity index (χ0) is 18.7. The minimum atomic E-state index is -0.407. The van der Waals surface area contributed by atoms with E-state index in [1.165, 1.54) is 23.1 Å². The first kappa shape index (κ1) is 18.0. The van der Waals surface area contributed by atoms with Crippen LogP contribution in [0.2, 0.25) is 0 Å². The Labute approximate surface area is 159 Å². The van der Waals surface area contributed by atoms with Crippen LogP contribution in [0.1, 0.15) is 5.56 Å². The molecule has 0 atom stereocenters. The van der Waals surface area contributed by atoms with Crippen LogP contribution in [-0.2, 0) is 9.59 Å². The van der Waals surface area contributed by atoms with Gasteiger partial charge in [0.15, 0.2) is 0 Å². The first-order valence-corrected chi connectivity index (χ1v) is 8.79. The van der Waals surface area contributed by atoms with Crippen molar-refractivity contribution >= 4 is 51.9 Å². The van der Waals surface area contributed by atoms with Crippen molar-refractivity contribution in [1.29, 1.82) is 0 Å². The molecule has 1 saturated heterocycles. The topological polar surface area (TPSA) is 89.9 Å². The van der Waals surface area contributed by atoms with Gasteiger partial charge in [0.2, 0.25) is 5.91 Å². The van der Waals surface area contributed by atoms with Crippen LogP contribution in [0.15, 0.2) is 53.4 Å². The van der Waals surface area contributed by atoms with Gasteiger partial charge >= 0.3 is 0 Å². The maximum absolute atomic E-state index is 12.5. The highest BCUT2D eigenvalue weighted by Gasteiger charge is 2.33. The van der Waals surface area contributed by atoms with Crippen LogP contribution >= 0.6 is 24.0 Å². The van der Waals surface area contributed by atoms with Gasteiger partial charge in [0, 0.05) is 11.3 Å². The Kier molecular flexibility index (Phi) is 5.24. The van der Waals surface area contributed by atoms with E-state index in [0.717, 1.165) is 11.8 Å². The quantitative estimate of drug-likeness (QED) is 0.425. The summed E-state index contributed by atoms with van der Waals surface area (Å²) in [6, 6.07) is 12.6. The Balaban J connectivity index is 1.70. The van der Waals surface area contributed by atoms with E-state index in [1.54, 1.807) is 36.4 Å². The van der Waals surface area contributed by atoms with E-state index < -0.39 is 5.91 Å². The summed E-state index contributed by atoms with van der Waals surface area (Å²) >= 11 is 6.28. The number of rotatable bonds is 4. The van der Waals surface area contributed by atoms with Crippen LogP contribution in [0.3, 0.4) is 0 Å². The van der Waals surface area contributed by atoms with E-state index in [2.05, 4.69) is 5.32 Å². The van der Waals surface area contributed by atoms with Gasteiger partial charge in [0.25, 0.3) is 5.91 Å². The van der Waals surface area contributed by atoms with Crippen molar-refractivity contribution in [2.45, 2.75) is 0 Å². The lowest BCUT2D eigenvalue weighted by atomic mass is 10.2. The van der Waals surface area contributed by atoms with Gasteiger partial charge < -0.3 is 15.5 Å². The molecule has 3 N–H and O–H groups in total. The van der Waals surface area contributed by atoms with Gasteiger partial charge in [-0.1, -0.05) is 42.2 Å². The number of phenols is 2. The molecule has 1 heterocycles. The first-order chi connectivity index (χ1) is 12.4. The summed E-state index contributed by atoms with van der Waals surface area (Å²) in [4.78, 5) is 26.2.